The third-order valence-electron chi connectivity index (χ3n) is 8.30. The molecular weight excluding hydrogens is 563 g/mol. The molecule has 3 rings (SSSR count). The average Bonchev–Trinajstić information content (AvgIpc) is 3.08. The Labute approximate surface area is 235 Å². The van der Waals surface area contributed by atoms with Crippen LogP contribution in [0.1, 0.15) is 60.1 Å². The largest absolute Gasteiger partial charge is 0.414 e. The van der Waals surface area contributed by atoms with Crippen molar-refractivity contribution in [1.29, 1.82) is 0 Å². The van der Waals surface area contributed by atoms with Crippen LogP contribution in [0.15, 0.2) is 34.0 Å². The van der Waals surface area contributed by atoms with E-state index in [9.17, 15) is 19.8 Å². The van der Waals surface area contributed by atoms with E-state index < -0.39 is 61.1 Å². The summed E-state index contributed by atoms with van der Waals surface area (Å²) in [5, 5.41) is 22.2. The highest BCUT2D eigenvalue weighted by atomic mass is 32.9. The first-order valence-electron chi connectivity index (χ1n) is 13.0. The normalized spacial score (nSPS) is 33.3. The first-order valence-corrected chi connectivity index (χ1v) is 20.0. The van der Waals surface area contributed by atoms with E-state index in [4.69, 9.17) is 25.5 Å². The molecule has 9 nitrogen and oxygen atoms in total. The smallest absolute Gasteiger partial charge is 0.330 e. The molecular formula is C25H43N2O7PS2Si. The molecule has 2 aliphatic rings. The average molecular weight is 607 g/mol. The van der Waals surface area contributed by atoms with Gasteiger partial charge in [0.2, 0.25) is 0 Å². The molecule has 0 spiro atoms. The summed E-state index contributed by atoms with van der Waals surface area (Å²) in [6.45, 7) is 18.9. The lowest BCUT2D eigenvalue weighted by Gasteiger charge is -2.42. The number of aliphatic hydroxyl groups excluding tert-OH is 2. The van der Waals surface area contributed by atoms with Crippen molar-refractivity contribution in [1.82, 2.24) is 9.55 Å². The standard InChI is InChI=1S/C25H43N2O7PS2Si/c1-15(2)16-9-11-25(6,18(28)13-16)37-35(36)34-21-17(14-32-38(7,8)24(3,4)5)33-22(20(21)30)27-12-10-19(29)26-23(27)31/h10,12,16-18,20-22,28,30,35H,1,9,11,13-14H2,2-8H3,(H,26,29,31)/t16-,17+,18+,20+,21+,22+,25+/m0/s1. The number of hydrogen-bond donors (Lipinski definition) is 3. The summed E-state index contributed by atoms with van der Waals surface area (Å²) >= 11 is 7.25. The molecule has 2 heterocycles. The molecule has 1 saturated heterocycles. The Morgan fingerprint density at radius 3 is 2.61 bits per heavy atom. The van der Waals surface area contributed by atoms with Gasteiger partial charge in [-0.05, 0) is 57.2 Å². The summed E-state index contributed by atoms with van der Waals surface area (Å²) in [4.78, 5) is 26.2. The molecule has 0 amide bonds. The molecule has 2 fully saturated rings. The minimum absolute atomic E-state index is 0.0357. The van der Waals surface area contributed by atoms with Gasteiger partial charge in [-0.2, -0.15) is 0 Å². The number of aliphatic hydroxyl groups is 2. The summed E-state index contributed by atoms with van der Waals surface area (Å²) in [5.74, 6) is 0.290. The van der Waals surface area contributed by atoms with Crippen LogP contribution in [0.5, 0.6) is 0 Å². The number of aromatic amines is 1. The number of aromatic nitrogens is 2. The van der Waals surface area contributed by atoms with Crippen molar-refractivity contribution in [2.45, 2.75) is 107 Å². The fraction of sp³-hybridized carbons (Fsp3) is 0.760. The van der Waals surface area contributed by atoms with Crippen molar-refractivity contribution in [3.05, 3.63) is 45.3 Å². The SMILES string of the molecule is C=C(C)[C@H]1CC[C@@](C)(S[PH](=S)O[C@H]2[C@@H](O)[C@H](n3ccc(=O)[nH]c3=O)O[C@@H]2CO[Si](C)(C)C(C)(C)C)[C@H](O)C1. The van der Waals surface area contributed by atoms with Gasteiger partial charge in [0.25, 0.3) is 5.56 Å². The van der Waals surface area contributed by atoms with E-state index in [1.807, 2.05) is 13.8 Å². The van der Waals surface area contributed by atoms with Gasteiger partial charge in [0, 0.05) is 17.0 Å². The van der Waals surface area contributed by atoms with Crippen LogP contribution in [0.4, 0.5) is 0 Å². The maximum Gasteiger partial charge on any atom is 0.330 e. The molecule has 1 unspecified atom stereocenters. The van der Waals surface area contributed by atoms with Gasteiger partial charge < -0.3 is 23.9 Å². The van der Waals surface area contributed by atoms with Crippen LogP contribution in [0.3, 0.4) is 0 Å². The Hall–Kier alpha value is -0.563. The summed E-state index contributed by atoms with van der Waals surface area (Å²) in [5.41, 5.74) is -0.144. The number of nitrogens with one attached hydrogen (secondary N) is 1. The maximum atomic E-state index is 12.5. The van der Waals surface area contributed by atoms with Gasteiger partial charge in [0.15, 0.2) is 14.5 Å². The van der Waals surface area contributed by atoms with Crippen LogP contribution in [0.2, 0.25) is 18.1 Å². The van der Waals surface area contributed by atoms with E-state index in [0.717, 1.165) is 23.0 Å². The van der Waals surface area contributed by atoms with Crippen molar-refractivity contribution >= 4 is 37.6 Å². The van der Waals surface area contributed by atoms with Crippen LogP contribution in [0, 0.1) is 5.92 Å². The molecule has 0 radical (unpaired) electrons. The van der Waals surface area contributed by atoms with E-state index in [0.29, 0.717) is 12.3 Å². The lowest BCUT2D eigenvalue weighted by atomic mass is 9.77. The molecule has 13 heteroatoms. The lowest BCUT2D eigenvalue weighted by molar-refractivity contribution is -0.0525. The van der Waals surface area contributed by atoms with E-state index >= 15 is 0 Å². The van der Waals surface area contributed by atoms with Gasteiger partial charge >= 0.3 is 5.69 Å². The third kappa shape index (κ3) is 7.19. The van der Waals surface area contributed by atoms with Gasteiger partial charge in [-0.25, -0.2) is 4.79 Å². The number of rotatable bonds is 9. The van der Waals surface area contributed by atoms with Gasteiger partial charge in [0.05, 0.1) is 12.7 Å². The topological polar surface area (TPSA) is 123 Å². The zero-order valence-electron chi connectivity index (χ0n) is 23.4. The number of H-pyrrole nitrogens is 1. The predicted octanol–water partition coefficient (Wildman–Crippen LogP) is 3.94. The molecule has 1 aromatic heterocycles. The zero-order valence-corrected chi connectivity index (χ0v) is 27.0. The number of allylic oxidation sites excluding steroid dienone is 1. The van der Waals surface area contributed by atoms with E-state index in [2.05, 4.69) is 45.4 Å². The number of nitrogens with zero attached hydrogens (tertiary/aromatic N) is 1. The van der Waals surface area contributed by atoms with E-state index in [-0.39, 0.29) is 11.6 Å². The Morgan fingerprint density at radius 1 is 1.39 bits per heavy atom. The Bertz CT molecular complexity index is 1150. The fourth-order valence-corrected chi connectivity index (χ4v) is 11.3. The summed E-state index contributed by atoms with van der Waals surface area (Å²) < 4.78 is 19.5. The van der Waals surface area contributed by atoms with Gasteiger partial charge in [0.1, 0.15) is 24.4 Å². The monoisotopic (exact) mass is 606 g/mol. The second kappa shape index (κ2) is 12.1. The molecule has 0 aromatic carbocycles. The van der Waals surface area contributed by atoms with Crippen LogP contribution in [0.25, 0.3) is 0 Å². The van der Waals surface area contributed by atoms with Crippen LogP contribution in [-0.2, 0) is 25.5 Å². The maximum absolute atomic E-state index is 12.5. The minimum Gasteiger partial charge on any atom is -0.414 e. The summed E-state index contributed by atoms with van der Waals surface area (Å²) in [7, 11) is -2.15. The summed E-state index contributed by atoms with van der Waals surface area (Å²) in [6.07, 6.45) is -2.69. The van der Waals surface area contributed by atoms with Crippen LogP contribution < -0.4 is 11.2 Å². The highest BCUT2D eigenvalue weighted by Gasteiger charge is 2.49. The van der Waals surface area contributed by atoms with Gasteiger partial charge in [-0.3, -0.25) is 14.3 Å². The molecule has 1 aliphatic heterocycles. The van der Waals surface area contributed by atoms with Gasteiger partial charge in [-0.1, -0.05) is 56.1 Å². The Kier molecular flexibility index (Phi) is 10.2. The molecule has 1 aromatic rings. The molecule has 0 bridgehead atoms. The van der Waals surface area contributed by atoms with Crippen LogP contribution >= 0.6 is 17.5 Å². The fourth-order valence-electron chi connectivity index (χ4n) is 4.52. The first kappa shape index (κ1) is 32.0. The van der Waals surface area contributed by atoms with E-state index in [1.165, 1.54) is 23.6 Å². The molecule has 216 valence electrons. The van der Waals surface area contributed by atoms with Crippen molar-refractivity contribution in [3.63, 3.8) is 0 Å². The molecule has 3 N–H and O–H groups in total. The highest BCUT2D eigenvalue weighted by molar-refractivity contribution is 8.63. The van der Waals surface area contributed by atoms with Crippen molar-refractivity contribution in [2.24, 2.45) is 5.92 Å². The predicted molar refractivity (Wildman–Crippen MR) is 159 cm³/mol. The highest BCUT2D eigenvalue weighted by Crippen LogP contribution is 2.56. The second-order valence-corrected chi connectivity index (χ2v) is 22.5. The number of ether oxygens (including phenoxy) is 1. The minimum atomic E-state index is -2.15. The molecule has 8 atom stereocenters. The molecule has 1 aliphatic carbocycles. The Balaban J connectivity index is 1.80. The van der Waals surface area contributed by atoms with E-state index in [1.54, 1.807) is 0 Å². The number of hydrogen-bond acceptors (Lipinski definition) is 9. The van der Waals surface area contributed by atoms with Crippen LogP contribution in [-0.4, -0.2) is 63.9 Å². The molecule has 1 saturated carbocycles. The van der Waals surface area contributed by atoms with Gasteiger partial charge in [-0.15, -0.1) is 0 Å². The second-order valence-electron chi connectivity index (χ2n) is 12.2. The third-order valence-corrected chi connectivity index (χ3v) is 17.6. The molecule has 38 heavy (non-hydrogen) atoms. The Morgan fingerprint density at radius 2 is 2.05 bits per heavy atom. The lowest BCUT2D eigenvalue weighted by Crippen LogP contribution is -2.45. The van der Waals surface area contributed by atoms with Crippen molar-refractivity contribution < 1.29 is 23.9 Å². The van der Waals surface area contributed by atoms with Crippen molar-refractivity contribution in [3.8, 4) is 0 Å². The zero-order chi connectivity index (χ0) is 28.6. The summed E-state index contributed by atoms with van der Waals surface area (Å²) in [6, 6.07) is 1.20. The first-order chi connectivity index (χ1) is 17.4. The quantitative estimate of drug-likeness (QED) is 0.218. The van der Waals surface area contributed by atoms with Crippen molar-refractivity contribution in [2.75, 3.05) is 6.61 Å².